The molecule has 1 aromatic rings. The van der Waals surface area contributed by atoms with Crippen molar-refractivity contribution in [2.45, 2.75) is 58.8 Å². The largest absolute Gasteiger partial charge is 0.466 e. The molecule has 0 spiro atoms. The van der Waals surface area contributed by atoms with Crippen molar-refractivity contribution in [3.8, 4) is 0 Å². The molecule has 6 heteroatoms. The zero-order chi connectivity index (χ0) is 18.7. The van der Waals surface area contributed by atoms with Gasteiger partial charge in [-0.2, -0.15) is 0 Å². The van der Waals surface area contributed by atoms with Gasteiger partial charge in [-0.05, 0) is 39.7 Å². The van der Waals surface area contributed by atoms with Crippen LogP contribution in [0.3, 0.4) is 0 Å². The lowest BCUT2D eigenvalue weighted by molar-refractivity contribution is -0.143. The van der Waals surface area contributed by atoms with Gasteiger partial charge in [-0.25, -0.2) is 4.79 Å². The molecule has 1 amide bonds. The summed E-state index contributed by atoms with van der Waals surface area (Å²) >= 11 is 0. The number of esters is 1. The van der Waals surface area contributed by atoms with E-state index in [4.69, 9.17) is 14.2 Å². The number of amides is 1. The molecule has 0 saturated carbocycles. The number of hydrogen-bond acceptors (Lipinski definition) is 5. The zero-order valence-electron chi connectivity index (χ0n) is 15.5. The average molecular weight is 351 g/mol. The summed E-state index contributed by atoms with van der Waals surface area (Å²) in [5, 5.41) is 2.76. The van der Waals surface area contributed by atoms with Gasteiger partial charge in [0.05, 0.1) is 25.9 Å². The van der Waals surface area contributed by atoms with E-state index in [1.54, 1.807) is 27.7 Å². The van der Waals surface area contributed by atoms with Crippen molar-refractivity contribution in [2.75, 3.05) is 13.2 Å². The molecule has 1 atom stereocenters. The van der Waals surface area contributed by atoms with Gasteiger partial charge in [0.1, 0.15) is 5.60 Å². The monoisotopic (exact) mass is 351 g/mol. The SMILES string of the molecule is CCOC(=O)CCC(COCc1ccccc1)NC(=O)OC(C)(C)C. The van der Waals surface area contributed by atoms with E-state index in [0.29, 0.717) is 19.6 Å². The van der Waals surface area contributed by atoms with Gasteiger partial charge in [-0.1, -0.05) is 30.3 Å². The molecule has 0 bridgehead atoms. The molecule has 0 aliphatic heterocycles. The maximum atomic E-state index is 12.0. The molecule has 0 aromatic heterocycles. The lowest BCUT2D eigenvalue weighted by Gasteiger charge is -2.23. The maximum Gasteiger partial charge on any atom is 0.407 e. The second-order valence-electron chi connectivity index (χ2n) is 6.69. The van der Waals surface area contributed by atoms with Crippen molar-refractivity contribution in [2.24, 2.45) is 0 Å². The Labute approximate surface area is 149 Å². The Bertz CT molecular complexity index is 524. The Kier molecular flexibility index (Phi) is 8.99. The van der Waals surface area contributed by atoms with Crippen LogP contribution < -0.4 is 5.32 Å². The van der Waals surface area contributed by atoms with Crippen LogP contribution in [0.2, 0.25) is 0 Å². The van der Waals surface area contributed by atoms with E-state index in [1.165, 1.54) is 0 Å². The minimum atomic E-state index is -0.583. The Morgan fingerprint density at radius 3 is 2.44 bits per heavy atom. The van der Waals surface area contributed by atoms with Crippen LogP contribution in [0.5, 0.6) is 0 Å². The predicted molar refractivity (Wildman–Crippen MR) is 95.1 cm³/mol. The van der Waals surface area contributed by atoms with Gasteiger partial charge in [0.2, 0.25) is 0 Å². The summed E-state index contributed by atoms with van der Waals surface area (Å²) in [6.45, 7) is 8.22. The molecular formula is C19H29NO5. The van der Waals surface area contributed by atoms with Crippen LogP contribution in [0.1, 0.15) is 46.1 Å². The first-order valence-corrected chi connectivity index (χ1v) is 8.57. The summed E-state index contributed by atoms with van der Waals surface area (Å²) in [6.07, 6.45) is 0.111. The number of carbonyl (C=O) groups excluding carboxylic acids is 2. The van der Waals surface area contributed by atoms with Crippen molar-refractivity contribution in [1.82, 2.24) is 5.32 Å². The van der Waals surface area contributed by atoms with Crippen LogP contribution in [-0.2, 0) is 25.6 Å². The van der Waals surface area contributed by atoms with Gasteiger partial charge in [0.15, 0.2) is 0 Å². The Morgan fingerprint density at radius 1 is 1.16 bits per heavy atom. The molecular weight excluding hydrogens is 322 g/mol. The Hall–Kier alpha value is -2.08. The molecule has 1 N–H and O–H groups in total. The molecule has 0 saturated heterocycles. The minimum Gasteiger partial charge on any atom is -0.466 e. The molecule has 6 nitrogen and oxygen atoms in total. The van der Waals surface area contributed by atoms with Crippen LogP contribution >= 0.6 is 0 Å². The van der Waals surface area contributed by atoms with E-state index in [1.807, 2.05) is 30.3 Å². The number of carbonyl (C=O) groups is 2. The first-order chi connectivity index (χ1) is 11.8. The van der Waals surface area contributed by atoms with Crippen LogP contribution in [0.4, 0.5) is 4.79 Å². The van der Waals surface area contributed by atoms with E-state index in [0.717, 1.165) is 5.56 Å². The maximum absolute atomic E-state index is 12.0. The molecule has 1 unspecified atom stereocenters. The van der Waals surface area contributed by atoms with E-state index in [2.05, 4.69) is 5.32 Å². The summed E-state index contributed by atoms with van der Waals surface area (Å²) < 4.78 is 15.9. The van der Waals surface area contributed by atoms with Gasteiger partial charge in [-0.3, -0.25) is 4.79 Å². The normalized spacial score (nSPS) is 12.3. The highest BCUT2D eigenvalue weighted by Crippen LogP contribution is 2.09. The van der Waals surface area contributed by atoms with Crippen LogP contribution in [-0.4, -0.2) is 36.9 Å². The Balaban J connectivity index is 2.51. The lowest BCUT2D eigenvalue weighted by Crippen LogP contribution is -2.41. The molecule has 0 heterocycles. The molecule has 0 aliphatic rings. The first-order valence-electron chi connectivity index (χ1n) is 8.57. The topological polar surface area (TPSA) is 73.9 Å². The second kappa shape index (κ2) is 10.7. The van der Waals surface area contributed by atoms with Crippen molar-refractivity contribution in [3.05, 3.63) is 35.9 Å². The first kappa shape index (κ1) is 21.0. The Morgan fingerprint density at radius 2 is 1.84 bits per heavy atom. The summed E-state index contributed by atoms with van der Waals surface area (Å²) in [5.74, 6) is -0.290. The van der Waals surface area contributed by atoms with Crippen LogP contribution in [0.25, 0.3) is 0 Å². The highest BCUT2D eigenvalue weighted by atomic mass is 16.6. The summed E-state index contributed by atoms with van der Waals surface area (Å²) in [5.41, 5.74) is 0.463. The standard InChI is InChI=1S/C19H29NO5/c1-5-24-17(21)12-11-16(20-18(22)25-19(2,3)4)14-23-13-15-9-7-6-8-10-15/h6-10,16H,5,11-14H2,1-4H3,(H,20,22). The summed E-state index contributed by atoms with van der Waals surface area (Å²) in [7, 11) is 0. The van der Waals surface area contributed by atoms with Crippen molar-refractivity contribution in [1.29, 1.82) is 0 Å². The number of ether oxygens (including phenoxy) is 3. The number of benzene rings is 1. The van der Waals surface area contributed by atoms with Crippen LogP contribution in [0.15, 0.2) is 30.3 Å². The van der Waals surface area contributed by atoms with Gasteiger partial charge in [-0.15, -0.1) is 0 Å². The highest BCUT2D eigenvalue weighted by molar-refractivity contribution is 5.70. The fourth-order valence-electron chi connectivity index (χ4n) is 2.09. The van der Waals surface area contributed by atoms with Crippen molar-refractivity contribution >= 4 is 12.1 Å². The van der Waals surface area contributed by atoms with E-state index >= 15 is 0 Å². The number of hydrogen-bond donors (Lipinski definition) is 1. The quantitative estimate of drug-likeness (QED) is 0.690. The zero-order valence-corrected chi connectivity index (χ0v) is 15.5. The van der Waals surface area contributed by atoms with Gasteiger partial charge in [0, 0.05) is 6.42 Å². The molecule has 1 rings (SSSR count). The van der Waals surface area contributed by atoms with Gasteiger partial charge >= 0.3 is 12.1 Å². The highest BCUT2D eigenvalue weighted by Gasteiger charge is 2.20. The van der Waals surface area contributed by atoms with Crippen molar-refractivity contribution in [3.63, 3.8) is 0 Å². The number of nitrogens with one attached hydrogen (secondary N) is 1. The summed E-state index contributed by atoms with van der Waals surface area (Å²) in [4.78, 5) is 23.5. The number of alkyl carbamates (subject to hydrolysis) is 1. The third-order valence-corrected chi connectivity index (χ3v) is 3.15. The third kappa shape index (κ3) is 10.4. The molecule has 1 aromatic carbocycles. The molecule has 0 fully saturated rings. The molecule has 140 valence electrons. The molecule has 25 heavy (non-hydrogen) atoms. The third-order valence-electron chi connectivity index (χ3n) is 3.15. The number of rotatable bonds is 9. The average Bonchev–Trinajstić information content (AvgIpc) is 2.52. The fraction of sp³-hybridized carbons (Fsp3) is 0.579. The van der Waals surface area contributed by atoms with E-state index in [-0.39, 0.29) is 25.0 Å². The smallest absolute Gasteiger partial charge is 0.407 e. The minimum absolute atomic E-state index is 0.211. The predicted octanol–water partition coefficient (Wildman–Crippen LogP) is 3.44. The van der Waals surface area contributed by atoms with Gasteiger partial charge in [0.25, 0.3) is 0 Å². The lowest BCUT2D eigenvalue weighted by atomic mass is 10.1. The van der Waals surface area contributed by atoms with Crippen molar-refractivity contribution < 1.29 is 23.8 Å². The van der Waals surface area contributed by atoms with Crippen LogP contribution in [0, 0.1) is 0 Å². The molecule has 0 radical (unpaired) electrons. The van der Waals surface area contributed by atoms with E-state index in [9.17, 15) is 9.59 Å². The second-order valence-corrected chi connectivity index (χ2v) is 6.69. The van der Waals surface area contributed by atoms with Gasteiger partial charge < -0.3 is 19.5 Å². The van der Waals surface area contributed by atoms with E-state index < -0.39 is 11.7 Å². The summed E-state index contributed by atoms with van der Waals surface area (Å²) in [6, 6.07) is 9.42. The molecule has 0 aliphatic carbocycles. The fourth-order valence-corrected chi connectivity index (χ4v) is 2.09.